The molecule has 0 fully saturated rings. The molecule has 2 N–H and O–H groups in total. The summed E-state index contributed by atoms with van der Waals surface area (Å²) in [5.41, 5.74) is 3.96. The molecule has 0 amide bonds. The lowest BCUT2D eigenvalue weighted by atomic mass is 10.1. The third-order valence-electron chi connectivity index (χ3n) is 4.18. The molecule has 31 heavy (non-hydrogen) atoms. The second kappa shape index (κ2) is 9.46. The number of nitrogens with zero attached hydrogens (tertiary/aromatic N) is 2. The zero-order valence-corrected chi connectivity index (χ0v) is 19.2. The molecular formula is C20H16BrClN4O4S. The summed E-state index contributed by atoms with van der Waals surface area (Å²) in [4.78, 5) is 10.6. The van der Waals surface area contributed by atoms with Crippen LogP contribution in [0.25, 0.3) is 0 Å². The van der Waals surface area contributed by atoms with Crippen LogP contribution in [0.4, 0.5) is 17.1 Å². The van der Waals surface area contributed by atoms with Crippen molar-refractivity contribution < 1.29 is 13.3 Å². The van der Waals surface area contributed by atoms with Gasteiger partial charge in [0, 0.05) is 26.8 Å². The molecular weight excluding hydrogens is 508 g/mol. The molecule has 0 aliphatic heterocycles. The predicted molar refractivity (Wildman–Crippen MR) is 125 cm³/mol. The van der Waals surface area contributed by atoms with E-state index in [0.29, 0.717) is 10.7 Å². The molecule has 0 heterocycles. The average Bonchev–Trinajstić information content (AvgIpc) is 2.73. The monoisotopic (exact) mass is 522 g/mol. The zero-order chi connectivity index (χ0) is 22.6. The lowest BCUT2D eigenvalue weighted by Crippen LogP contribution is -2.13. The molecule has 3 rings (SSSR count). The van der Waals surface area contributed by atoms with E-state index in [1.54, 1.807) is 6.92 Å². The van der Waals surface area contributed by atoms with Crippen LogP contribution in [0.2, 0.25) is 5.02 Å². The van der Waals surface area contributed by atoms with Crippen LogP contribution in [-0.4, -0.2) is 19.1 Å². The molecule has 0 atom stereocenters. The maximum atomic E-state index is 12.6. The maximum Gasteiger partial charge on any atom is 0.295 e. The Morgan fingerprint density at radius 3 is 2.42 bits per heavy atom. The number of anilines is 2. The molecule has 8 nitrogen and oxygen atoms in total. The van der Waals surface area contributed by atoms with Crippen molar-refractivity contribution in [3.05, 3.63) is 91.9 Å². The Kier molecular flexibility index (Phi) is 6.94. The molecule has 0 radical (unpaired) electrons. The van der Waals surface area contributed by atoms with Crippen LogP contribution in [0.15, 0.2) is 81.2 Å². The quantitative estimate of drug-likeness (QED) is 0.236. The van der Waals surface area contributed by atoms with Crippen molar-refractivity contribution in [3.63, 3.8) is 0 Å². The molecule has 0 unspecified atom stereocenters. The van der Waals surface area contributed by atoms with Crippen LogP contribution in [0.1, 0.15) is 12.5 Å². The SMILES string of the molecule is C/C(=N/Nc1ccc(S(=O)(=O)Nc2ccc(Cl)cc2)cc1[N+](=O)[O-])c1ccccc1Br. The minimum atomic E-state index is -4.05. The van der Waals surface area contributed by atoms with Gasteiger partial charge in [-0.15, -0.1) is 0 Å². The van der Waals surface area contributed by atoms with Gasteiger partial charge in [-0.2, -0.15) is 5.10 Å². The van der Waals surface area contributed by atoms with Gasteiger partial charge in [0.05, 0.1) is 15.5 Å². The van der Waals surface area contributed by atoms with E-state index in [1.807, 2.05) is 24.3 Å². The Balaban J connectivity index is 1.89. The first kappa shape index (κ1) is 22.7. The van der Waals surface area contributed by atoms with Crippen molar-refractivity contribution in [1.82, 2.24) is 0 Å². The second-order valence-electron chi connectivity index (χ2n) is 6.34. The highest BCUT2D eigenvalue weighted by molar-refractivity contribution is 9.10. The van der Waals surface area contributed by atoms with Crippen LogP contribution in [0, 0.1) is 10.1 Å². The third kappa shape index (κ3) is 5.60. The number of nitrogens with one attached hydrogen (secondary N) is 2. The molecule has 3 aromatic carbocycles. The second-order valence-corrected chi connectivity index (χ2v) is 9.31. The van der Waals surface area contributed by atoms with E-state index in [-0.39, 0.29) is 16.3 Å². The van der Waals surface area contributed by atoms with Crippen molar-refractivity contribution in [1.29, 1.82) is 0 Å². The highest BCUT2D eigenvalue weighted by atomic mass is 79.9. The number of nitro groups is 1. The molecule has 0 aliphatic carbocycles. The van der Waals surface area contributed by atoms with Crippen LogP contribution >= 0.6 is 27.5 Å². The zero-order valence-electron chi connectivity index (χ0n) is 16.0. The van der Waals surface area contributed by atoms with Gasteiger partial charge >= 0.3 is 0 Å². The van der Waals surface area contributed by atoms with Gasteiger partial charge in [-0.3, -0.25) is 20.3 Å². The summed E-state index contributed by atoms with van der Waals surface area (Å²) in [6, 6.07) is 17.0. The minimum absolute atomic E-state index is 0.0573. The fourth-order valence-electron chi connectivity index (χ4n) is 2.62. The molecule has 0 spiro atoms. The van der Waals surface area contributed by atoms with Gasteiger partial charge in [0.15, 0.2) is 0 Å². The summed E-state index contributed by atoms with van der Waals surface area (Å²) in [5, 5.41) is 16.2. The maximum absolute atomic E-state index is 12.6. The van der Waals surface area contributed by atoms with E-state index in [9.17, 15) is 18.5 Å². The number of hydrogen-bond acceptors (Lipinski definition) is 6. The topological polar surface area (TPSA) is 114 Å². The first-order valence-corrected chi connectivity index (χ1v) is 11.4. The predicted octanol–water partition coefficient (Wildman–Crippen LogP) is 5.65. The van der Waals surface area contributed by atoms with E-state index in [0.717, 1.165) is 16.1 Å². The van der Waals surface area contributed by atoms with Gasteiger partial charge in [-0.1, -0.05) is 45.7 Å². The molecule has 0 aromatic heterocycles. The molecule has 0 aliphatic rings. The highest BCUT2D eigenvalue weighted by Gasteiger charge is 2.22. The lowest BCUT2D eigenvalue weighted by Gasteiger charge is -2.10. The summed E-state index contributed by atoms with van der Waals surface area (Å²) >= 11 is 9.23. The van der Waals surface area contributed by atoms with Gasteiger partial charge in [-0.05, 0) is 49.4 Å². The Bertz CT molecular complexity index is 1260. The van der Waals surface area contributed by atoms with Crippen molar-refractivity contribution >= 4 is 60.3 Å². The normalized spacial score (nSPS) is 11.8. The Hall–Kier alpha value is -2.95. The lowest BCUT2D eigenvalue weighted by molar-refractivity contribution is -0.384. The number of hydrogen-bond donors (Lipinski definition) is 2. The summed E-state index contributed by atoms with van der Waals surface area (Å²) in [5.74, 6) is 0. The number of nitro benzene ring substituents is 1. The summed E-state index contributed by atoms with van der Waals surface area (Å²) < 4.78 is 28.5. The van der Waals surface area contributed by atoms with Crippen LogP contribution in [0.3, 0.4) is 0 Å². The Morgan fingerprint density at radius 1 is 1.10 bits per heavy atom. The van der Waals surface area contributed by atoms with Crippen molar-refractivity contribution in [3.8, 4) is 0 Å². The van der Waals surface area contributed by atoms with Gasteiger partial charge < -0.3 is 0 Å². The number of benzene rings is 3. The Morgan fingerprint density at radius 2 is 1.77 bits per heavy atom. The van der Waals surface area contributed by atoms with E-state index in [4.69, 9.17) is 11.6 Å². The number of halogens is 2. The smallest absolute Gasteiger partial charge is 0.280 e. The molecule has 3 aromatic rings. The first-order valence-electron chi connectivity index (χ1n) is 8.79. The van der Waals surface area contributed by atoms with Gasteiger partial charge in [0.2, 0.25) is 0 Å². The third-order valence-corrected chi connectivity index (χ3v) is 6.50. The van der Waals surface area contributed by atoms with E-state index < -0.39 is 20.6 Å². The summed E-state index contributed by atoms with van der Waals surface area (Å²) in [7, 11) is -4.05. The largest absolute Gasteiger partial charge is 0.295 e. The van der Waals surface area contributed by atoms with Gasteiger partial charge in [0.1, 0.15) is 5.69 Å². The van der Waals surface area contributed by atoms with E-state index in [1.165, 1.54) is 36.4 Å². The molecule has 0 saturated heterocycles. The average molecular weight is 524 g/mol. The van der Waals surface area contributed by atoms with E-state index in [2.05, 4.69) is 31.2 Å². The highest BCUT2D eigenvalue weighted by Crippen LogP contribution is 2.29. The summed E-state index contributed by atoms with van der Waals surface area (Å²) in [6.45, 7) is 1.74. The van der Waals surface area contributed by atoms with Crippen molar-refractivity contribution in [2.45, 2.75) is 11.8 Å². The molecule has 0 bridgehead atoms. The molecule has 160 valence electrons. The number of rotatable bonds is 7. The fourth-order valence-corrected chi connectivity index (χ4v) is 4.39. The standard InChI is InChI=1S/C20H16BrClN4O4S/c1-13(17-4-2-3-5-18(17)21)23-24-19-11-10-16(12-20(19)26(27)28)31(29,30)25-15-8-6-14(22)7-9-15/h2-12,24-25H,1H3/b23-13-. The Labute approximate surface area is 192 Å². The van der Waals surface area contributed by atoms with Crippen LogP contribution < -0.4 is 10.1 Å². The van der Waals surface area contributed by atoms with Crippen LogP contribution in [-0.2, 0) is 10.0 Å². The van der Waals surface area contributed by atoms with Crippen molar-refractivity contribution in [2.24, 2.45) is 5.10 Å². The number of sulfonamides is 1. The molecule has 11 heteroatoms. The van der Waals surface area contributed by atoms with Gasteiger partial charge in [-0.25, -0.2) is 8.42 Å². The fraction of sp³-hybridized carbons (Fsp3) is 0.0500. The van der Waals surface area contributed by atoms with Crippen molar-refractivity contribution in [2.75, 3.05) is 10.1 Å². The first-order chi connectivity index (χ1) is 14.7. The minimum Gasteiger partial charge on any atom is -0.280 e. The number of hydrazone groups is 1. The molecule has 0 saturated carbocycles. The van der Waals surface area contributed by atoms with Crippen LogP contribution in [0.5, 0.6) is 0 Å². The van der Waals surface area contributed by atoms with E-state index >= 15 is 0 Å². The summed E-state index contributed by atoms with van der Waals surface area (Å²) in [6.07, 6.45) is 0. The van der Waals surface area contributed by atoms with Gasteiger partial charge in [0.25, 0.3) is 15.7 Å².